The molecule has 0 aliphatic rings. The van der Waals surface area contributed by atoms with Gasteiger partial charge in [0.25, 0.3) is 0 Å². The number of benzene rings is 1. The van der Waals surface area contributed by atoms with Crippen LogP contribution in [0, 0.1) is 0 Å². The number of hydrogen-bond donors (Lipinski definition) is 1. The first kappa shape index (κ1) is 13.4. The van der Waals surface area contributed by atoms with Gasteiger partial charge in [0, 0.05) is 17.8 Å². The van der Waals surface area contributed by atoms with E-state index < -0.39 is 0 Å². The Morgan fingerprint density at radius 2 is 2.00 bits per heavy atom. The van der Waals surface area contributed by atoms with Crippen molar-refractivity contribution in [3.63, 3.8) is 0 Å². The first-order valence-electron chi connectivity index (χ1n) is 6.86. The number of rotatable bonds is 4. The lowest BCUT2D eigenvalue weighted by atomic mass is 10.0. The number of aromatic nitrogens is 2. The second kappa shape index (κ2) is 5.79. The highest BCUT2D eigenvalue weighted by atomic mass is 16.5. The number of esters is 1. The molecule has 0 amide bonds. The predicted octanol–water partition coefficient (Wildman–Crippen LogP) is 3.13. The number of carbonyl (C=O) groups is 1. The fourth-order valence-electron chi connectivity index (χ4n) is 2.42. The van der Waals surface area contributed by atoms with Crippen LogP contribution in [0.1, 0.15) is 21.5 Å². The van der Waals surface area contributed by atoms with Gasteiger partial charge in [0.05, 0.1) is 12.7 Å². The number of fused-ring (bicyclic) bond motifs is 1. The van der Waals surface area contributed by atoms with E-state index in [0.29, 0.717) is 5.56 Å². The summed E-state index contributed by atoms with van der Waals surface area (Å²) in [5, 5.41) is 1.17. The van der Waals surface area contributed by atoms with Crippen LogP contribution in [0.25, 0.3) is 11.0 Å². The molecule has 21 heavy (non-hydrogen) atoms. The van der Waals surface area contributed by atoms with Gasteiger partial charge in [0.15, 0.2) is 0 Å². The second-order valence-corrected chi connectivity index (χ2v) is 4.90. The summed E-state index contributed by atoms with van der Waals surface area (Å²) in [4.78, 5) is 18.9. The number of aromatic amines is 1. The smallest absolute Gasteiger partial charge is 0.337 e. The normalized spacial score (nSPS) is 10.7. The monoisotopic (exact) mass is 280 g/mol. The molecule has 0 aliphatic carbocycles. The van der Waals surface area contributed by atoms with Crippen LogP contribution in [0.5, 0.6) is 0 Å². The van der Waals surface area contributed by atoms with Gasteiger partial charge in [-0.3, -0.25) is 0 Å². The molecule has 0 fully saturated rings. The lowest BCUT2D eigenvalue weighted by Gasteiger charge is -2.03. The average Bonchev–Trinajstić information content (AvgIpc) is 2.96. The maximum atomic E-state index is 11.4. The third-order valence-corrected chi connectivity index (χ3v) is 3.59. The van der Waals surface area contributed by atoms with Gasteiger partial charge in [-0.25, -0.2) is 9.78 Å². The fourth-order valence-corrected chi connectivity index (χ4v) is 2.42. The van der Waals surface area contributed by atoms with Crippen LogP contribution in [-0.2, 0) is 17.6 Å². The zero-order valence-electron chi connectivity index (χ0n) is 11.8. The van der Waals surface area contributed by atoms with E-state index in [-0.39, 0.29) is 5.97 Å². The molecule has 106 valence electrons. The number of H-pyrrole nitrogens is 1. The molecular weight excluding hydrogens is 264 g/mol. The molecule has 0 saturated carbocycles. The summed E-state index contributed by atoms with van der Waals surface area (Å²) < 4.78 is 4.69. The van der Waals surface area contributed by atoms with Gasteiger partial charge < -0.3 is 9.72 Å². The van der Waals surface area contributed by atoms with Gasteiger partial charge >= 0.3 is 5.97 Å². The summed E-state index contributed by atoms with van der Waals surface area (Å²) in [7, 11) is 1.39. The van der Waals surface area contributed by atoms with E-state index in [4.69, 9.17) is 4.74 Å². The third kappa shape index (κ3) is 2.79. The first-order valence-corrected chi connectivity index (χ1v) is 6.86. The van der Waals surface area contributed by atoms with E-state index in [1.807, 2.05) is 24.4 Å². The number of nitrogens with zero attached hydrogens (tertiary/aromatic N) is 1. The topological polar surface area (TPSA) is 55.0 Å². The summed E-state index contributed by atoms with van der Waals surface area (Å²) in [6.07, 6.45) is 5.65. The van der Waals surface area contributed by atoms with Crippen LogP contribution in [0.2, 0.25) is 0 Å². The molecule has 0 unspecified atom stereocenters. The highest BCUT2D eigenvalue weighted by Crippen LogP contribution is 2.18. The highest BCUT2D eigenvalue weighted by Gasteiger charge is 2.06. The Hall–Kier alpha value is -2.62. The van der Waals surface area contributed by atoms with Crippen LogP contribution in [0.15, 0.2) is 48.8 Å². The minimum Gasteiger partial charge on any atom is -0.465 e. The molecule has 0 spiro atoms. The maximum absolute atomic E-state index is 11.4. The molecule has 0 saturated heterocycles. The Labute approximate surface area is 122 Å². The number of nitrogens with one attached hydrogen (secondary N) is 1. The number of ether oxygens (including phenoxy) is 1. The molecule has 2 heterocycles. The van der Waals surface area contributed by atoms with Crippen molar-refractivity contribution in [3.05, 3.63) is 65.5 Å². The molecule has 1 aromatic carbocycles. The number of methoxy groups -OCH3 is 1. The summed E-state index contributed by atoms with van der Waals surface area (Å²) >= 11 is 0. The molecule has 1 N–H and O–H groups in total. The Bertz CT molecular complexity index is 760. The SMILES string of the molecule is COC(=O)c1ccc(CCc2c[nH]c3ncccc23)cc1. The fraction of sp³-hybridized carbons (Fsp3) is 0.176. The summed E-state index contributed by atoms with van der Waals surface area (Å²) in [5.74, 6) is -0.302. The Morgan fingerprint density at radius 3 is 2.76 bits per heavy atom. The van der Waals surface area contributed by atoms with Gasteiger partial charge in [0.2, 0.25) is 0 Å². The van der Waals surface area contributed by atoms with Crippen LogP contribution >= 0.6 is 0 Å². The van der Waals surface area contributed by atoms with E-state index in [1.54, 1.807) is 18.3 Å². The summed E-state index contributed by atoms with van der Waals surface area (Å²) in [5.41, 5.74) is 3.96. The second-order valence-electron chi connectivity index (χ2n) is 4.90. The lowest BCUT2D eigenvalue weighted by Crippen LogP contribution is -2.01. The highest BCUT2D eigenvalue weighted by molar-refractivity contribution is 5.89. The van der Waals surface area contributed by atoms with Crippen molar-refractivity contribution in [1.82, 2.24) is 9.97 Å². The quantitative estimate of drug-likeness (QED) is 0.747. The molecule has 4 heteroatoms. The van der Waals surface area contributed by atoms with Crippen LogP contribution < -0.4 is 0 Å². The third-order valence-electron chi connectivity index (χ3n) is 3.59. The van der Waals surface area contributed by atoms with Crippen molar-refractivity contribution >= 4 is 17.0 Å². The lowest BCUT2D eigenvalue weighted by molar-refractivity contribution is 0.0600. The zero-order chi connectivity index (χ0) is 14.7. The Balaban J connectivity index is 1.71. The van der Waals surface area contributed by atoms with Crippen LogP contribution in [-0.4, -0.2) is 23.0 Å². The molecule has 0 aliphatic heterocycles. The van der Waals surface area contributed by atoms with E-state index in [9.17, 15) is 4.79 Å². The van der Waals surface area contributed by atoms with Crippen molar-refractivity contribution in [1.29, 1.82) is 0 Å². The molecular formula is C17H16N2O2. The number of carbonyl (C=O) groups excluding carboxylic acids is 1. The number of pyridine rings is 1. The molecule has 2 aromatic heterocycles. The van der Waals surface area contributed by atoms with E-state index in [1.165, 1.54) is 23.6 Å². The van der Waals surface area contributed by atoms with Crippen LogP contribution in [0.3, 0.4) is 0 Å². The number of hydrogen-bond acceptors (Lipinski definition) is 3. The van der Waals surface area contributed by atoms with Crippen molar-refractivity contribution in [2.75, 3.05) is 7.11 Å². The first-order chi connectivity index (χ1) is 10.3. The van der Waals surface area contributed by atoms with Gasteiger partial charge in [0.1, 0.15) is 5.65 Å². The predicted molar refractivity (Wildman–Crippen MR) is 81.3 cm³/mol. The molecule has 4 nitrogen and oxygen atoms in total. The maximum Gasteiger partial charge on any atom is 0.337 e. The number of aryl methyl sites for hydroxylation is 2. The minimum atomic E-state index is -0.302. The summed E-state index contributed by atoms with van der Waals surface area (Å²) in [6.45, 7) is 0. The largest absolute Gasteiger partial charge is 0.465 e. The zero-order valence-corrected chi connectivity index (χ0v) is 11.8. The van der Waals surface area contributed by atoms with Gasteiger partial charge in [-0.05, 0) is 48.2 Å². The molecule has 0 atom stereocenters. The van der Waals surface area contributed by atoms with Crippen molar-refractivity contribution in [2.24, 2.45) is 0 Å². The van der Waals surface area contributed by atoms with E-state index in [0.717, 1.165) is 18.5 Å². The van der Waals surface area contributed by atoms with E-state index in [2.05, 4.69) is 16.0 Å². The minimum absolute atomic E-state index is 0.302. The average molecular weight is 280 g/mol. The standard InChI is InChI=1S/C17H16N2O2/c1-21-17(20)13-7-4-12(5-8-13)6-9-14-11-19-16-15(14)3-2-10-18-16/h2-5,7-8,10-11H,6,9H2,1H3,(H,18,19). The Kier molecular flexibility index (Phi) is 3.69. The summed E-state index contributed by atoms with van der Waals surface area (Å²) in [6, 6.07) is 11.6. The van der Waals surface area contributed by atoms with Crippen molar-refractivity contribution in [3.8, 4) is 0 Å². The van der Waals surface area contributed by atoms with Crippen molar-refractivity contribution in [2.45, 2.75) is 12.8 Å². The molecule has 0 bridgehead atoms. The van der Waals surface area contributed by atoms with Gasteiger partial charge in [-0.15, -0.1) is 0 Å². The van der Waals surface area contributed by atoms with Crippen molar-refractivity contribution < 1.29 is 9.53 Å². The molecule has 3 aromatic rings. The van der Waals surface area contributed by atoms with Gasteiger partial charge in [-0.2, -0.15) is 0 Å². The van der Waals surface area contributed by atoms with Gasteiger partial charge in [-0.1, -0.05) is 12.1 Å². The molecule has 0 radical (unpaired) electrons. The molecule has 3 rings (SSSR count). The van der Waals surface area contributed by atoms with Crippen LogP contribution in [0.4, 0.5) is 0 Å². The Morgan fingerprint density at radius 1 is 1.19 bits per heavy atom. The van der Waals surface area contributed by atoms with E-state index >= 15 is 0 Å².